The van der Waals surface area contributed by atoms with E-state index in [-0.39, 0.29) is 12.7 Å². The normalized spacial score (nSPS) is 5.54. The minimum atomic E-state index is -1.25. The molecule has 0 aromatic rings. The summed E-state index contributed by atoms with van der Waals surface area (Å²) in [6.45, 7) is 0.694. The summed E-state index contributed by atoms with van der Waals surface area (Å²) in [5.74, 6) is -2.05. The average Bonchev–Trinajstić information content (AvgIpc) is 1.88. The van der Waals surface area contributed by atoms with Crippen LogP contribution in [0, 0.1) is 0 Å². The van der Waals surface area contributed by atoms with Crippen molar-refractivity contribution >= 4 is 27.8 Å². The molecule has 8 nitrogen and oxygen atoms in total. The van der Waals surface area contributed by atoms with Gasteiger partial charge in [0.05, 0.1) is 5.97 Å². The number of hydrogen-bond acceptors (Lipinski definition) is 7. The van der Waals surface area contributed by atoms with E-state index >= 15 is 0 Å². The van der Waals surface area contributed by atoms with Crippen LogP contribution in [0.5, 0.6) is 0 Å². The summed E-state index contributed by atoms with van der Waals surface area (Å²) < 4.78 is 14.4. The Morgan fingerprint density at radius 2 is 1.54 bits per heavy atom. The molecule has 0 aliphatic carbocycles. The third kappa shape index (κ3) is 570. The molecule has 0 radical (unpaired) electrons. The van der Waals surface area contributed by atoms with Gasteiger partial charge in [0.15, 0.2) is 0 Å². The van der Waals surface area contributed by atoms with Crippen molar-refractivity contribution in [2.75, 3.05) is 6.54 Å². The Bertz CT molecular complexity index is 117. The molecule has 0 aromatic carbocycles. The molecule has 8 N–H and O–H groups in total. The monoisotopic (exact) mass is 212 g/mol. The van der Waals surface area contributed by atoms with Gasteiger partial charge in [-0.1, -0.05) is 0 Å². The van der Waals surface area contributed by atoms with Crippen LogP contribution in [0.15, 0.2) is 0 Å². The molecular formula is C4H13AlN2O6. The second-order valence-electron chi connectivity index (χ2n) is 1.21. The van der Waals surface area contributed by atoms with Crippen molar-refractivity contribution < 1.29 is 28.1 Å². The van der Waals surface area contributed by atoms with E-state index in [0.29, 0.717) is 0 Å². The SMILES string of the molecule is CC(=O)O.N.NCC(=O)[O-].[OH][Al+][OH]. The van der Waals surface area contributed by atoms with Gasteiger partial charge >= 0.3 is 24.2 Å². The molecule has 78 valence electrons. The maximum atomic E-state index is 9.13. The number of carboxylic acid groups (broad SMARTS) is 2. The molecule has 0 fully saturated rings. The van der Waals surface area contributed by atoms with Crippen LogP contribution in [-0.4, -0.2) is 47.8 Å². The van der Waals surface area contributed by atoms with Crippen molar-refractivity contribution in [2.45, 2.75) is 6.92 Å². The van der Waals surface area contributed by atoms with E-state index in [2.05, 4.69) is 5.73 Å². The predicted molar refractivity (Wildman–Crippen MR) is 42.6 cm³/mol. The van der Waals surface area contributed by atoms with Crippen LogP contribution in [0.2, 0.25) is 0 Å². The number of carboxylic acids is 2. The number of carbonyl (C=O) groups excluding carboxylic acids is 1. The maximum absolute atomic E-state index is 9.13. The Morgan fingerprint density at radius 3 is 1.54 bits per heavy atom. The molecule has 0 saturated carbocycles. The first-order chi connectivity index (χ1) is 5.42. The fraction of sp³-hybridized carbons (Fsp3) is 0.500. The summed E-state index contributed by atoms with van der Waals surface area (Å²) in [5, 5.41) is 16.5. The zero-order valence-corrected chi connectivity index (χ0v) is 8.29. The number of aliphatic carboxylic acids is 2. The molecule has 0 atom stereocenters. The Balaban J connectivity index is -0.0000000465. The Kier molecular flexibility index (Phi) is 39.5. The molecule has 0 rings (SSSR count). The molecule has 0 heterocycles. The van der Waals surface area contributed by atoms with Gasteiger partial charge in [-0.15, -0.1) is 0 Å². The van der Waals surface area contributed by atoms with Gasteiger partial charge in [-0.3, -0.25) is 4.79 Å². The van der Waals surface area contributed by atoms with Gasteiger partial charge in [0.1, 0.15) is 0 Å². The standard InChI is InChI=1S/C2H5NO2.C2H4O2.Al.H3N.2H2O/c3-1-2(4)5;1-2(3)4;;;;/h1,3H2,(H,4,5);1H3,(H,3,4);;1H3;2*1H2/q;;+3;;;/p-3. The van der Waals surface area contributed by atoms with Crippen LogP contribution in [0.4, 0.5) is 0 Å². The van der Waals surface area contributed by atoms with Crippen LogP contribution < -0.4 is 17.0 Å². The van der Waals surface area contributed by atoms with Gasteiger partial charge < -0.3 is 26.9 Å². The first kappa shape index (κ1) is 22.8. The third-order valence-electron chi connectivity index (χ3n) is 0.167. The third-order valence-corrected chi connectivity index (χ3v) is 0.167. The summed E-state index contributed by atoms with van der Waals surface area (Å²) in [5.41, 5.74) is 4.51. The number of rotatable bonds is 1. The molecule has 0 unspecified atom stereocenters. The van der Waals surface area contributed by atoms with Crippen molar-refractivity contribution in [3.63, 3.8) is 0 Å². The molecule has 0 aliphatic heterocycles. The van der Waals surface area contributed by atoms with Gasteiger partial charge in [0.2, 0.25) is 0 Å². The second-order valence-corrected chi connectivity index (χ2v) is 1.44. The molecule has 0 bridgehead atoms. The van der Waals surface area contributed by atoms with E-state index in [9.17, 15) is 0 Å². The van der Waals surface area contributed by atoms with Crippen molar-refractivity contribution in [2.24, 2.45) is 5.73 Å². The fourth-order valence-corrected chi connectivity index (χ4v) is 0. The fourth-order valence-electron chi connectivity index (χ4n) is 0. The summed E-state index contributed by atoms with van der Waals surface area (Å²) in [6, 6.07) is 0. The summed E-state index contributed by atoms with van der Waals surface area (Å²) >= 11 is -1.25. The van der Waals surface area contributed by atoms with Crippen molar-refractivity contribution in [1.29, 1.82) is 0 Å². The van der Waals surface area contributed by atoms with E-state index in [0.717, 1.165) is 6.92 Å². The van der Waals surface area contributed by atoms with E-state index in [1.54, 1.807) is 0 Å². The van der Waals surface area contributed by atoms with E-state index in [1.165, 1.54) is 0 Å². The molecule has 13 heavy (non-hydrogen) atoms. The van der Waals surface area contributed by atoms with Gasteiger partial charge in [0, 0.05) is 13.5 Å². The molecular weight excluding hydrogens is 199 g/mol. The van der Waals surface area contributed by atoms with E-state index < -0.39 is 27.8 Å². The van der Waals surface area contributed by atoms with Crippen LogP contribution >= 0.6 is 0 Å². The first-order valence-electron chi connectivity index (χ1n) is 2.61. The van der Waals surface area contributed by atoms with E-state index in [4.69, 9.17) is 28.1 Å². The molecule has 0 saturated heterocycles. The molecule has 0 aromatic heterocycles. The number of carbonyl (C=O) groups is 2. The quantitative estimate of drug-likeness (QED) is 0.277. The molecule has 0 amide bonds. The van der Waals surface area contributed by atoms with Gasteiger partial charge in [-0.05, 0) is 0 Å². The second kappa shape index (κ2) is 22.5. The molecule has 0 aliphatic rings. The minimum absolute atomic E-state index is 0. The zero-order chi connectivity index (χ0) is 10.6. The topological polar surface area (TPSA) is 179 Å². The van der Waals surface area contributed by atoms with Crippen molar-refractivity contribution in [3.05, 3.63) is 0 Å². The summed E-state index contributed by atoms with van der Waals surface area (Å²) in [6.07, 6.45) is 0. The first-order valence-corrected chi connectivity index (χ1v) is 3.65. The van der Waals surface area contributed by atoms with Gasteiger partial charge in [-0.2, -0.15) is 0 Å². The summed E-state index contributed by atoms with van der Waals surface area (Å²) in [4.78, 5) is 18.1. The number of hydrogen-bond donors (Lipinski definition) is 5. The van der Waals surface area contributed by atoms with Crippen LogP contribution in [0.25, 0.3) is 0 Å². The predicted octanol–water partition coefficient (Wildman–Crippen LogP) is -3.55. The Labute approximate surface area is 82.0 Å². The Hall–Kier alpha value is -0.688. The van der Waals surface area contributed by atoms with E-state index in [1.807, 2.05) is 0 Å². The van der Waals surface area contributed by atoms with Crippen molar-refractivity contribution in [1.82, 2.24) is 6.15 Å². The van der Waals surface area contributed by atoms with Crippen LogP contribution in [0.3, 0.4) is 0 Å². The van der Waals surface area contributed by atoms with Crippen LogP contribution in [0.1, 0.15) is 6.92 Å². The summed E-state index contributed by atoms with van der Waals surface area (Å²) in [7, 11) is 0. The van der Waals surface area contributed by atoms with Gasteiger partial charge in [-0.25, -0.2) is 0 Å². The number of nitrogens with two attached hydrogens (primary N) is 1. The molecule has 9 heteroatoms. The van der Waals surface area contributed by atoms with Crippen molar-refractivity contribution in [3.8, 4) is 0 Å². The molecule has 0 spiro atoms. The van der Waals surface area contributed by atoms with Crippen LogP contribution in [-0.2, 0) is 9.59 Å². The zero-order valence-electron chi connectivity index (χ0n) is 7.14. The Morgan fingerprint density at radius 1 is 1.46 bits per heavy atom. The van der Waals surface area contributed by atoms with Gasteiger partial charge in [0.25, 0.3) is 5.97 Å². The average molecular weight is 212 g/mol.